The molecule has 0 aromatic heterocycles. The summed E-state index contributed by atoms with van der Waals surface area (Å²) in [6, 6.07) is 0. The van der Waals surface area contributed by atoms with Crippen molar-refractivity contribution in [1.82, 2.24) is 0 Å². The van der Waals surface area contributed by atoms with Crippen LogP contribution in [0.2, 0.25) is 0 Å². The lowest BCUT2D eigenvalue weighted by Gasteiger charge is -2.18. The third-order valence-corrected chi connectivity index (χ3v) is 14.0. The first-order chi connectivity index (χ1) is 40.5. The van der Waals surface area contributed by atoms with Gasteiger partial charge in [-0.15, -0.1) is 0 Å². The lowest BCUT2D eigenvalue weighted by Crippen LogP contribution is -2.30. The normalized spacial score (nSPS) is 13.1. The zero-order valence-electron chi connectivity index (χ0n) is 53.2. The van der Waals surface area contributed by atoms with Crippen LogP contribution in [0.3, 0.4) is 0 Å². The molecular weight excluding hydrogens is 1010 g/mol. The minimum absolute atomic E-state index is 0.0985. The maximum Gasteiger partial charge on any atom is 0.306 e. The van der Waals surface area contributed by atoms with Crippen LogP contribution in [-0.4, -0.2) is 37.2 Å². The van der Waals surface area contributed by atoms with Gasteiger partial charge in [0.15, 0.2) is 6.10 Å². The standard InChI is InChI=1S/C76H124O6/c1-4-7-10-13-16-19-22-25-28-31-34-35-36-37-38-39-40-41-43-45-48-51-54-57-60-63-66-69-75(78)81-72-73(71-80-74(77)68-65-62-59-56-53-50-47-44-33-30-27-24-21-18-15-12-9-6-3)82-76(79)70-67-64-61-58-55-52-49-46-42-32-29-26-23-20-17-14-11-8-5-2/h7,10,16-17,19-21,24-26,28-30,33-35,37-38,40-42,45-46,48,73H,4-6,8-9,11-15,18,22-23,27,31-32,36,39,43-44,47,49-72H2,1-3H3/b10-7-,19-16-,20-17-,24-21-,28-25-,29-26-,33-30-,35-34-,38-37-,41-40-,46-42-,48-45-. The van der Waals surface area contributed by atoms with Gasteiger partial charge in [-0.3, -0.25) is 14.4 Å². The van der Waals surface area contributed by atoms with Crippen LogP contribution in [0.5, 0.6) is 0 Å². The van der Waals surface area contributed by atoms with Gasteiger partial charge in [-0.25, -0.2) is 0 Å². The van der Waals surface area contributed by atoms with Gasteiger partial charge in [-0.05, 0) is 148 Å². The molecule has 0 fully saturated rings. The third-order valence-electron chi connectivity index (χ3n) is 14.0. The van der Waals surface area contributed by atoms with Crippen molar-refractivity contribution >= 4 is 17.9 Å². The zero-order valence-corrected chi connectivity index (χ0v) is 53.2. The summed E-state index contributed by atoms with van der Waals surface area (Å²) >= 11 is 0. The molecular formula is C76H124O6. The molecule has 0 aromatic carbocycles. The van der Waals surface area contributed by atoms with E-state index in [9.17, 15) is 14.4 Å². The second-order valence-corrected chi connectivity index (χ2v) is 22.0. The van der Waals surface area contributed by atoms with E-state index in [-0.39, 0.29) is 31.1 Å². The number of allylic oxidation sites excluding steroid dienone is 24. The van der Waals surface area contributed by atoms with E-state index >= 15 is 0 Å². The van der Waals surface area contributed by atoms with Gasteiger partial charge >= 0.3 is 17.9 Å². The summed E-state index contributed by atoms with van der Waals surface area (Å²) in [6.45, 7) is 6.46. The summed E-state index contributed by atoms with van der Waals surface area (Å²) in [4.78, 5) is 38.4. The van der Waals surface area contributed by atoms with Crippen molar-refractivity contribution in [3.63, 3.8) is 0 Å². The molecule has 0 rings (SSSR count). The molecule has 0 aliphatic carbocycles. The fourth-order valence-corrected chi connectivity index (χ4v) is 8.99. The first kappa shape index (κ1) is 77.3. The molecule has 1 atom stereocenters. The van der Waals surface area contributed by atoms with E-state index in [0.717, 1.165) is 161 Å². The van der Waals surface area contributed by atoms with E-state index in [1.54, 1.807) is 0 Å². The largest absolute Gasteiger partial charge is 0.462 e. The van der Waals surface area contributed by atoms with E-state index in [1.165, 1.54) is 96.3 Å². The highest BCUT2D eigenvalue weighted by Gasteiger charge is 2.19. The number of carbonyl (C=O) groups excluding carboxylic acids is 3. The van der Waals surface area contributed by atoms with Crippen LogP contribution in [0.25, 0.3) is 0 Å². The fraction of sp³-hybridized carbons (Fsp3) is 0.645. The van der Waals surface area contributed by atoms with Crippen LogP contribution >= 0.6 is 0 Å². The van der Waals surface area contributed by atoms with Crippen molar-refractivity contribution in [2.45, 2.75) is 303 Å². The van der Waals surface area contributed by atoms with Crippen LogP contribution in [0.4, 0.5) is 0 Å². The molecule has 0 N–H and O–H groups in total. The van der Waals surface area contributed by atoms with Gasteiger partial charge in [0.2, 0.25) is 0 Å². The van der Waals surface area contributed by atoms with Gasteiger partial charge in [0, 0.05) is 19.3 Å². The highest BCUT2D eigenvalue weighted by atomic mass is 16.6. The van der Waals surface area contributed by atoms with Crippen molar-refractivity contribution in [2.24, 2.45) is 0 Å². The zero-order chi connectivity index (χ0) is 59.2. The van der Waals surface area contributed by atoms with E-state index in [1.807, 2.05) is 0 Å². The van der Waals surface area contributed by atoms with Crippen molar-refractivity contribution in [3.8, 4) is 0 Å². The molecule has 0 aromatic rings. The van der Waals surface area contributed by atoms with Crippen LogP contribution in [0.1, 0.15) is 297 Å². The van der Waals surface area contributed by atoms with Crippen LogP contribution in [0.15, 0.2) is 146 Å². The van der Waals surface area contributed by atoms with E-state index in [2.05, 4.69) is 167 Å². The highest BCUT2D eigenvalue weighted by molar-refractivity contribution is 5.71. The monoisotopic (exact) mass is 1130 g/mol. The number of hydrogen-bond acceptors (Lipinski definition) is 6. The second kappa shape index (κ2) is 68.8. The lowest BCUT2D eigenvalue weighted by molar-refractivity contribution is -0.167. The summed E-state index contributed by atoms with van der Waals surface area (Å²) < 4.78 is 16.9. The summed E-state index contributed by atoms with van der Waals surface area (Å²) in [6.07, 6.45) is 98.4. The maximum absolute atomic E-state index is 12.9. The van der Waals surface area contributed by atoms with Crippen molar-refractivity contribution in [3.05, 3.63) is 146 Å². The Morgan fingerprint density at radius 3 is 0.768 bits per heavy atom. The first-order valence-corrected chi connectivity index (χ1v) is 33.8. The Kier molecular flexibility index (Phi) is 64.8. The van der Waals surface area contributed by atoms with Crippen molar-refractivity contribution < 1.29 is 28.6 Å². The predicted molar refractivity (Wildman–Crippen MR) is 357 cm³/mol. The quantitative estimate of drug-likeness (QED) is 0.0261. The van der Waals surface area contributed by atoms with Gasteiger partial charge in [0.1, 0.15) is 13.2 Å². The predicted octanol–water partition coefficient (Wildman–Crippen LogP) is 23.5. The number of esters is 3. The Balaban J connectivity index is 4.47. The molecule has 1 unspecified atom stereocenters. The molecule has 0 radical (unpaired) electrons. The molecule has 0 saturated carbocycles. The smallest absolute Gasteiger partial charge is 0.306 e. The molecule has 0 spiro atoms. The fourth-order valence-electron chi connectivity index (χ4n) is 8.99. The van der Waals surface area contributed by atoms with Gasteiger partial charge in [0.25, 0.3) is 0 Å². The average Bonchev–Trinajstić information content (AvgIpc) is 3.47. The summed E-state index contributed by atoms with van der Waals surface area (Å²) in [5.74, 6) is -0.935. The van der Waals surface area contributed by atoms with Gasteiger partial charge in [0.05, 0.1) is 0 Å². The third kappa shape index (κ3) is 66.1. The SMILES string of the molecule is CC/C=C\C/C=C\C/C=C\C/C=C\C/C=C\C/C=C\C/C=C\CCCCCCCC(=O)OCC(COC(=O)CCCCCCCCC/C=C\C/C=C\CCCCCC)OC(=O)CCCCCCCC/C=C\C/C=C\C/C=C\CCCCC. The number of carbonyl (C=O) groups is 3. The Labute approximate surface area is 506 Å². The number of ether oxygens (including phenoxy) is 3. The Morgan fingerprint density at radius 1 is 0.256 bits per heavy atom. The van der Waals surface area contributed by atoms with Gasteiger partial charge in [-0.1, -0.05) is 276 Å². The van der Waals surface area contributed by atoms with Gasteiger partial charge < -0.3 is 14.2 Å². The van der Waals surface area contributed by atoms with Crippen LogP contribution in [0, 0.1) is 0 Å². The summed E-state index contributed by atoms with van der Waals surface area (Å²) in [5.41, 5.74) is 0. The van der Waals surface area contributed by atoms with E-state index in [0.29, 0.717) is 19.3 Å². The van der Waals surface area contributed by atoms with Crippen molar-refractivity contribution in [2.75, 3.05) is 13.2 Å². The Hall–Kier alpha value is -4.71. The van der Waals surface area contributed by atoms with Crippen LogP contribution < -0.4 is 0 Å². The molecule has 6 heteroatoms. The average molecular weight is 1130 g/mol. The Bertz CT molecular complexity index is 1780. The summed E-state index contributed by atoms with van der Waals surface area (Å²) in [5, 5.41) is 0. The van der Waals surface area contributed by atoms with E-state index in [4.69, 9.17) is 14.2 Å². The molecule has 0 amide bonds. The van der Waals surface area contributed by atoms with Gasteiger partial charge in [-0.2, -0.15) is 0 Å². The minimum atomic E-state index is -0.805. The molecule has 82 heavy (non-hydrogen) atoms. The topological polar surface area (TPSA) is 78.9 Å². The molecule has 0 saturated heterocycles. The molecule has 0 bridgehead atoms. The van der Waals surface area contributed by atoms with E-state index < -0.39 is 6.10 Å². The molecule has 0 heterocycles. The lowest BCUT2D eigenvalue weighted by atomic mass is 10.1. The molecule has 464 valence electrons. The van der Waals surface area contributed by atoms with Crippen LogP contribution in [-0.2, 0) is 28.6 Å². The highest BCUT2D eigenvalue weighted by Crippen LogP contribution is 2.15. The number of hydrogen-bond donors (Lipinski definition) is 0. The maximum atomic E-state index is 12.9. The molecule has 0 aliphatic rings. The molecule has 6 nitrogen and oxygen atoms in total. The molecule has 0 aliphatic heterocycles. The van der Waals surface area contributed by atoms with Crippen molar-refractivity contribution in [1.29, 1.82) is 0 Å². The minimum Gasteiger partial charge on any atom is -0.462 e. The second-order valence-electron chi connectivity index (χ2n) is 22.0. The number of rotatable bonds is 60. The summed E-state index contributed by atoms with van der Waals surface area (Å²) in [7, 11) is 0. The first-order valence-electron chi connectivity index (χ1n) is 33.8. The Morgan fingerprint density at radius 2 is 0.476 bits per heavy atom. The number of unbranched alkanes of at least 4 members (excludes halogenated alkanes) is 25.